The topological polar surface area (TPSA) is 77.8 Å². The number of ether oxygens (including phenoxy) is 2. The maximum atomic E-state index is 12.5. The third-order valence-corrected chi connectivity index (χ3v) is 5.46. The van der Waals surface area contributed by atoms with E-state index >= 15 is 0 Å². The number of nitrogens with one attached hydrogen (secondary N) is 1. The molecule has 29 heavy (non-hydrogen) atoms. The second-order valence-corrected chi connectivity index (χ2v) is 7.30. The smallest absolute Gasteiger partial charge is 0.231 e. The van der Waals surface area contributed by atoms with E-state index in [1.165, 1.54) is 11.3 Å². The Hall–Kier alpha value is -3.39. The maximum Gasteiger partial charge on any atom is 0.231 e. The van der Waals surface area contributed by atoms with Gasteiger partial charge in [0.2, 0.25) is 5.91 Å². The van der Waals surface area contributed by atoms with Crippen molar-refractivity contribution in [1.82, 2.24) is 14.4 Å². The van der Waals surface area contributed by atoms with Gasteiger partial charge in [-0.15, -0.1) is 11.3 Å². The van der Waals surface area contributed by atoms with Crippen LogP contribution in [0.25, 0.3) is 16.2 Å². The number of nitrogens with zero attached hydrogens (tertiary/aromatic N) is 3. The molecule has 0 atom stereocenters. The maximum absolute atomic E-state index is 12.5. The number of imidazole rings is 1. The first-order chi connectivity index (χ1) is 14.1. The highest BCUT2D eigenvalue weighted by Crippen LogP contribution is 2.34. The SMILES string of the molecule is COc1ccc(OC)c(-c2cn3c(CC(=O)Nc4ncccc4C)csc3n2)c1. The highest BCUT2D eigenvalue weighted by molar-refractivity contribution is 7.15. The number of anilines is 1. The average Bonchev–Trinajstić information content (AvgIpc) is 3.31. The Kier molecular flexibility index (Phi) is 5.18. The number of benzene rings is 1. The molecule has 148 valence electrons. The van der Waals surface area contributed by atoms with Crippen molar-refractivity contribution < 1.29 is 14.3 Å². The Morgan fingerprint density at radius 3 is 2.86 bits per heavy atom. The normalized spacial score (nSPS) is 10.9. The summed E-state index contributed by atoms with van der Waals surface area (Å²) in [5.41, 5.74) is 3.38. The van der Waals surface area contributed by atoms with Gasteiger partial charge in [-0.3, -0.25) is 9.20 Å². The monoisotopic (exact) mass is 408 g/mol. The van der Waals surface area contributed by atoms with Gasteiger partial charge in [-0.2, -0.15) is 0 Å². The Labute approximate surface area is 172 Å². The van der Waals surface area contributed by atoms with Gasteiger partial charge in [-0.05, 0) is 36.8 Å². The molecule has 8 heteroatoms. The Bertz CT molecular complexity index is 1180. The van der Waals surface area contributed by atoms with Gasteiger partial charge in [0, 0.05) is 29.0 Å². The summed E-state index contributed by atoms with van der Waals surface area (Å²) < 4.78 is 12.7. The van der Waals surface area contributed by atoms with E-state index in [4.69, 9.17) is 14.5 Å². The molecule has 4 aromatic rings. The average molecular weight is 408 g/mol. The fourth-order valence-corrected chi connectivity index (χ4v) is 3.93. The van der Waals surface area contributed by atoms with Crippen molar-refractivity contribution in [3.05, 3.63) is 59.4 Å². The molecule has 0 radical (unpaired) electrons. The number of aromatic nitrogens is 3. The molecular weight excluding hydrogens is 388 g/mol. The lowest BCUT2D eigenvalue weighted by atomic mass is 10.1. The Morgan fingerprint density at radius 2 is 2.10 bits per heavy atom. The minimum atomic E-state index is -0.124. The molecule has 0 unspecified atom stereocenters. The Balaban J connectivity index is 1.61. The fourth-order valence-electron chi connectivity index (χ4n) is 3.06. The van der Waals surface area contributed by atoms with Gasteiger partial charge in [0.05, 0.1) is 26.3 Å². The zero-order chi connectivity index (χ0) is 20.4. The first-order valence-corrected chi connectivity index (χ1v) is 9.86. The van der Waals surface area contributed by atoms with Crippen molar-refractivity contribution in [2.24, 2.45) is 0 Å². The highest BCUT2D eigenvalue weighted by atomic mass is 32.1. The number of amides is 1. The molecule has 0 aliphatic rings. The number of hydrogen-bond donors (Lipinski definition) is 1. The van der Waals surface area contributed by atoms with Crippen LogP contribution in [0.2, 0.25) is 0 Å². The van der Waals surface area contributed by atoms with Gasteiger partial charge < -0.3 is 14.8 Å². The van der Waals surface area contributed by atoms with Crippen molar-refractivity contribution in [2.45, 2.75) is 13.3 Å². The number of thiazole rings is 1. The molecular formula is C21H20N4O3S. The van der Waals surface area contributed by atoms with Crippen LogP contribution in [0, 0.1) is 6.92 Å². The number of pyridine rings is 1. The molecule has 1 N–H and O–H groups in total. The lowest BCUT2D eigenvalue weighted by Crippen LogP contribution is -2.16. The molecule has 0 spiro atoms. The molecule has 3 heterocycles. The standard InChI is InChI=1S/C21H20N4O3S/c1-13-5-4-8-22-20(13)24-19(26)9-14-12-29-21-23-17(11-25(14)21)16-10-15(27-2)6-7-18(16)28-3/h4-8,10-12H,9H2,1-3H3,(H,22,24,26). The summed E-state index contributed by atoms with van der Waals surface area (Å²) in [5, 5.41) is 4.81. The number of fused-ring (bicyclic) bond motifs is 1. The third-order valence-electron chi connectivity index (χ3n) is 4.57. The molecule has 0 aliphatic heterocycles. The van der Waals surface area contributed by atoms with Crippen molar-refractivity contribution >= 4 is 28.0 Å². The van der Waals surface area contributed by atoms with Crippen molar-refractivity contribution in [1.29, 1.82) is 0 Å². The van der Waals surface area contributed by atoms with E-state index < -0.39 is 0 Å². The number of hydrogen-bond acceptors (Lipinski definition) is 6. The summed E-state index contributed by atoms with van der Waals surface area (Å²) in [5.74, 6) is 1.89. The van der Waals surface area contributed by atoms with Crippen LogP contribution in [0.15, 0.2) is 48.1 Å². The summed E-state index contributed by atoms with van der Waals surface area (Å²) in [4.78, 5) is 22.2. The summed E-state index contributed by atoms with van der Waals surface area (Å²) in [6.45, 7) is 1.91. The molecule has 3 aromatic heterocycles. The van der Waals surface area contributed by atoms with Crippen LogP contribution in [0.5, 0.6) is 11.5 Å². The van der Waals surface area contributed by atoms with E-state index in [0.29, 0.717) is 11.6 Å². The molecule has 0 aliphatic carbocycles. The molecule has 0 bridgehead atoms. The van der Waals surface area contributed by atoms with E-state index in [0.717, 1.165) is 33.2 Å². The van der Waals surface area contributed by atoms with Gasteiger partial charge in [-0.25, -0.2) is 9.97 Å². The minimum absolute atomic E-state index is 0.124. The second-order valence-electron chi connectivity index (χ2n) is 6.47. The zero-order valence-electron chi connectivity index (χ0n) is 16.3. The number of carbonyl (C=O) groups is 1. The van der Waals surface area contributed by atoms with Gasteiger partial charge >= 0.3 is 0 Å². The quantitative estimate of drug-likeness (QED) is 0.522. The molecule has 1 amide bonds. The van der Waals surface area contributed by atoms with Crippen LogP contribution in [0.3, 0.4) is 0 Å². The zero-order valence-corrected chi connectivity index (χ0v) is 17.1. The van der Waals surface area contributed by atoms with Crippen molar-refractivity contribution in [2.75, 3.05) is 19.5 Å². The number of aryl methyl sites for hydroxylation is 1. The number of methoxy groups -OCH3 is 2. The van der Waals surface area contributed by atoms with E-state index in [9.17, 15) is 4.79 Å². The number of carbonyl (C=O) groups excluding carboxylic acids is 1. The molecule has 7 nitrogen and oxygen atoms in total. The summed E-state index contributed by atoms with van der Waals surface area (Å²) >= 11 is 1.49. The van der Waals surface area contributed by atoms with Gasteiger partial charge in [0.1, 0.15) is 17.3 Å². The van der Waals surface area contributed by atoms with E-state index in [1.54, 1.807) is 20.4 Å². The van der Waals surface area contributed by atoms with Gasteiger partial charge in [0.15, 0.2) is 4.96 Å². The Morgan fingerprint density at radius 1 is 1.24 bits per heavy atom. The van der Waals surface area contributed by atoms with E-state index in [2.05, 4.69) is 10.3 Å². The third kappa shape index (κ3) is 3.79. The van der Waals surface area contributed by atoms with Crippen molar-refractivity contribution in [3.63, 3.8) is 0 Å². The van der Waals surface area contributed by atoms with Gasteiger partial charge in [-0.1, -0.05) is 6.07 Å². The minimum Gasteiger partial charge on any atom is -0.497 e. The van der Waals surface area contributed by atoms with Crippen molar-refractivity contribution in [3.8, 4) is 22.8 Å². The van der Waals surface area contributed by atoms with Crippen LogP contribution in [-0.2, 0) is 11.2 Å². The predicted octanol–water partition coefficient (Wildman–Crippen LogP) is 3.96. The van der Waals surface area contributed by atoms with Crippen LogP contribution in [-0.4, -0.2) is 34.5 Å². The molecule has 0 saturated carbocycles. The van der Waals surface area contributed by atoms with E-state index in [-0.39, 0.29) is 12.3 Å². The van der Waals surface area contributed by atoms with Gasteiger partial charge in [0.25, 0.3) is 0 Å². The lowest BCUT2D eigenvalue weighted by Gasteiger charge is -2.08. The highest BCUT2D eigenvalue weighted by Gasteiger charge is 2.16. The predicted molar refractivity (Wildman–Crippen MR) is 113 cm³/mol. The molecule has 0 fully saturated rings. The number of rotatable bonds is 6. The first kappa shape index (κ1) is 18.9. The fraction of sp³-hybridized carbons (Fsp3) is 0.190. The molecule has 1 aromatic carbocycles. The second kappa shape index (κ2) is 7.92. The summed E-state index contributed by atoms with van der Waals surface area (Å²) in [6, 6.07) is 9.34. The van der Waals surface area contributed by atoms with Crippen LogP contribution in [0.4, 0.5) is 5.82 Å². The first-order valence-electron chi connectivity index (χ1n) is 8.98. The summed E-state index contributed by atoms with van der Waals surface area (Å²) in [7, 11) is 3.25. The molecule has 4 rings (SSSR count). The molecule has 0 saturated heterocycles. The summed E-state index contributed by atoms with van der Waals surface area (Å²) in [6.07, 6.45) is 3.80. The van der Waals surface area contributed by atoms with Crippen LogP contribution < -0.4 is 14.8 Å². The largest absolute Gasteiger partial charge is 0.497 e. The van der Waals surface area contributed by atoms with Crippen LogP contribution >= 0.6 is 11.3 Å². The van der Waals surface area contributed by atoms with E-state index in [1.807, 2.05) is 53.2 Å². The lowest BCUT2D eigenvalue weighted by molar-refractivity contribution is -0.115. The van der Waals surface area contributed by atoms with Crippen LogP contribution in [0.1, 0.15) is 11.3 Å².